The Morgan fingerprint density at radius 1 is 1.07 bits per heavy atom. The summed E-state index contributed by atoms with van der Waals surface area (Å²) in [5.41, 5.74) is 1.62. The lowest BCUT2D eigenvalue weighted by atomic mass is 10.1. The predicted molar refractivity (Wildman–Crippen MR) is 102 cm³/mol. The molecule has 7 heteroatoms. The van der Waals surface area contributed by atoms with Crippen LogP contribution in [-0.4, -0.2) is 40.6 Å². The standard InChI is InChI=1S/C20H22N4O3/c25-19(16-7-9-17(10-8-16)24-13-4-11-23-24)15-22-20(26)21-12-14-27-18-5-2-1-3-6-18/h1-11,13,19,25H,12,14-15H2,(H2,21,22,26). The number of para-hydroxylation sites is 1. The average Bonchev–Trinajstić information content (AvgIpc) is 3.25. The zero-order valence-electron chi connectivity index (χ0n) is 14.8. The van der Waals surface area contributed by atoms with E-state index in [1.807, 2.05) is 66.9 Å². The lowest BCUT2D eigenvalue weighted by molar-refractivity contribution is 0.172. The van der Waals surface area contributed by atoms with Crippen LogP contribution in [0.2, 0.25) is 0 Å². The van der Waals surface area contributed by atoms with E-state index in [-0.39, 0.29) is 12.6 Å². The van der Waals surface area contributed by atoms with Gasteiger partial charge in [0.2, 0.25) is 0 Å². The van der Waals surface area contributed by atoms with E-state index < -0.39 is 6.10 Å². The van der Waals surface area contributed by atoms with Crippen molar-refractivity contribution in [3.05, 3.63) is 78.6 Å². The quantitative estimate of drug-likeness (QED) is 0.534. The zero-order chi connectivity index (χ0) is 18.9. The molecule has 27 heavy (non-hydrogen) atoms. The van der Waals surface area contributed by atoms with Gasteiger partial charge in [0.15, 0.2) is 0 Å². The summed E-state index contributed by atoms with van der Waals surface area (Å²) in [6.45, 7) is 0.858. The van der Waals surface area contributed by atoms with Crippen molar-refractivity contribution in [2.75, 3.05) is 19.7 Å². The monoisotopic (exact) mass is 366 g/mol. The SMILES string of the molecule is O=C(NCCOc1ccccc1)NCC(O)c1ccc(-n2cccn2)cc1. The topological polar surface area (TPSA) is 88.4 Å². The van der Waals surface area contributed by atoms with Gasteiger partial charge in [-0.15, -0.1) is 0 Å². The van der Waals surface area contributed by atoms with E-state index in [1.165, 1.54) is 0 Å². The summed E-state index contributed by atoms with van der Waals surface area (Å²) in [6, 6.07) is 18.3. The van der Waals surface area contributed by atoms with E-state index in [2.05, 4.69) is 15.7 Å². The number of amides is 2. The highest BCUT2D eigenvalue weighted by Crippen LogP contribution is 2.15. The first-order chi connectivity index (χ1) is 13.2. The van der Waals surface area contributed by atoms with Gasteiger partial charge in [0.05, 0.1) is 18.3 Å². The second kappa shape index (κ2) is 9.40. The molecule has 0 aliphatic rings. The number of aliphatic hydroxyl groups is 1. The molecule has 0 saturated heterocycles. The Labute approximate surface area is 157 Å². The Balaban J connectivity index is 1.37. The van der Waals surface area contributed by atoms with Crippen molar-refractivity contribution in [2.24, 2.45) is 0 Å². The molecule has 0 spiro atoms. The van der Waals surface area contributed by atoms with Crippen LogP contribution in [0.4, 0.5) is 4.79 Å². The second-order valence-corrected chi connectivity index (χ2v) is 5.86. The molecule has 3 aromatic rings. The number of benzene rings is 2. The van der Waals surface area contributed by atoms with Gasteiger partial charge in [-0.3, -0.25) is 0 Å². The molecule has 2 amide bonds. The molecule has 1 heterocycles. The maximum atomic E-state index is 11.8. The number of aliphatic hydroxyl groups excluding tert-OH is 1. The van der Waals surface area contributed by atoms with Crippen molar-refractivity contribution in [1.29, 1.82) is 0 Å². The minimum absolute atomic E-state index is 0.118. The summed E-state index contributed by atoms with van der Waals surface area (Å²) in [5, 5.41) is 19.7. The lowest BCUT2D eigenvalue weighted by Crippen LogP contribution is -2.39. The Morgan fingerprint density at radius 3 is 2.56 bits per heavy atom. The molecule has 0 bridgehead atoms. The molecular weight excluding hydrogens is 344 g/mol. The van der Waals surface area contributed by atoms with Crippen LogP contribution in [0.3, 0.4) is 0 Å². The first-order valence-electron chi connectivity index (χ1n) is 8.70. The Bertz CT molecular complexity index is 820. The second-order valence-electron chi connectivity index (χ2n) is 5.86. The van der Waals surface area contributed by atoms with Gasteiger partial charge in [-0.1, -0.05) is 30.3 Å². The van der Waals surface area contributed by atoms with Gasteiger partial charge in [-0.05, 0) is 35.9 Å². The van der Waals surface area contributed by atoms with Gasteiger partial charge >= 0.3 is 6.03 Å². The summed E-state index contributed by atoms with van der Waals surface area (Å²) in [7, 11) is 0. The van der Waals surface area contributed by atoms with Crippen LogP contribution in [0.25, 0.3) is 5.69 Å². The number of urea groups is 1. The zero-order valence-corrected chi connectivity index (χ0v) is 14.8. The largest absolute Gasteiger partial charge is 0.492 e. The molecule has 0 saturated carbocycles. The van der Waals surface area contributed by atoms with E-state index in [1.54, 1.807) is 10.9 Å². The number of ether oxygens (including phenoxy) is 1. The fraction of sp³-hybridized carbons (Fsp3) is 0.200. The summed E-state index contributed by atoms with van der Waals surface area (Å²) in [5.74, 6) is 0.758. The summed E-state index contributed by atoms with van der Waals surface area (Å²) in [4.78, 5) is 11.8. The highest BCUT2D eigenvalue weighted by atomic mass is 16.5. The molecule has 140 valence electrons. The van der Waals surface area contributed by atoms with Crippen molar-refractivity contribution in [2.45, 2.75) is 6.10 Å². The maximum Gasteiger partial charge on any atom is 0.315 e. The van der Waals surface area contributed by atoms with Crippen LogP contribution in [0.15, 0.2) is 73.1 Å². The molecule has 0 aliphatic carbocycles. The first kappa shape index (κ1) is 18.5. The number of rotatable bonds is 8. The van der Waals surface area contributed by atoms with Gasteiger partial charge < -0.3 is 20.5 Å². The van der Waals surface area contributed by atoms with Crippen molar-refractivity contribution in [3.8, 4) is 11.4 Å². The van der Waals surface area contributed by atoms with E-state index in [0.29, 0.717) is 13.2 Å². The summed E-state index contributed by atoms with van der Waals surface area (Å²) in [6.07, 6.45) is 2.76. The molecule has 0 fully saturated rings. The molecule has 1 aromatic heterocycles. The maximum absolute atomic E-state index is 11.8. The van der Waals surface area contributed by atoms with Gasteiger partial charge in [-0.25, -0.2) is 9.48 Å². The predicted octanol–water partition coefficient (Wildman–Crippen LogP) is 2.28. The molecule has 7 nitrogen and oxygen atoms in total. The molecule has 3 rings (SSSR count). The van der Waals surface area contributed by atoms with Crippen LogP contribution < -0.4 is 15.4 Å². The molecule has 0 aliphatic heterocycles. The van der Waals surface area contributed by atoms with Gasteiger partial charge in [-0.2, -0.15) is 5.10 Å². The molecule has 3 N–H and O–H groups in total. The Kier molecular flexibility index (Phi) is 6.43. The smallest absolute Gasteiger partial charge is 0.315 e. The van der Waals surface area contributed by atoms with Gasteiger partial charge in [0, 0.05) is 18.9 Å². The third-order valence-corrected chi connectivity index (χ3v) is 3.90. The molecule has 2 aromatic carbocycles. The average molecular weight is 366 g/mol. The molecule has 1 unspecified atom stereocenters. The van der Waals surface area contributed by atoms with E-state index >= 15 is 0 Å². The minimum atomic E-state index is -0.789. The normalized spacial score (nSPS) is 11.6. The van der Waals surface area contributed by atoms with Gasteiger partial charge in [0.1, 0.15) is 12.4 Å². The molecular formula is C20H22N4O3. The highest BCUT2D eigenvalue weighted by Gasteiger charge is 2.09. The summed E-state index contributed by atoms with van der Waals surface area (Å²) >= 11 is 0. The fourth-order valence-corrected chi connectivity index (χ4v) is 2.49. The molecule has 0 radical (unpaired) electrons. The van der Waals surface area contributed by atoms with Crippen LogP contribution >= 0.6 is 0 Å². The van der Waals surface area contributed by atoms with Crippen LogP contribution in [0, 0.1) is 0 Å². The number of carbonyl (C=O) groups is 1. The van der Waals surface area contributed by atoms with Crippen molar-refractivity contribution < 1.29 is 14.6 Å². The number of carbonyl (C=O) groups excluding carboxylic acids is 1. The number of nitrogens with zero attached hydrogens (tertiary/aromatic N) is 2. The van der Waals surface area contributed by atoms with E-state index in [4.69, 9.17) is 4.74 Å². The van der Waals surface area contributed by atoms with E-state index in [0.717, 1.165) is 17.0 Å². The van der Waals surface area contributed by atoms with Crippen molar-refractivity contribution in [1.82, 2.24) is 20.4 Å². The first-order valence-corrected chi connectivity index (χ1v) is 8.70. The highest BCUT2D eigenvalue weighted by molar-refractivity contribution is 5.73. The molecule has 1 atom stereocenters. The lowest BCUT2D eigenvalue weighted by Gasteiger charge is -2.14. The van der Waals surface area contributed by atoms with Crippen molar-refractivity contribution >= 4 is 6.03 Å². The van der Waals surface area contributed by atoms with Crippen LogP contribution in [-0.2, 0) is 0 Å². The van der Waals surface area contributed by atoms with Gasteiger partial charge in [0.25, 0.3) is 0 Å². The Hall–Kier alpha value is -3.32. The Morgan fingerprint density at radius 2 is 1.85 bits per heavy atom. The fourth-order valence-electron chi connectivity index (χ4n) is 2.49. The van der Waals surface area contributed by atoms with Crippen LogP contribution in [0.5, 0.6) is 5.75 Å². The third kappa shape index (κ3) is 5.58. The van der Waals surface area contributed by atoms with Crippen LogP contribution in [0.1, 0.15) is 11.7 Å². The van der Waals surface area contributed by atoms with E-state index in [9.17, 15) is 9.90 Å². The number of hydrogen-bond donors (Lipinski definition) is 3. The summed E-state index contributed by atoms with van der Waals surface area (Å²) < 4.78 is 7.23. The third-order valence-electron chi connectivity index (χ3n) is 3.90. The van der Waals surface area contributed by atoms with Crippen molar-refractivity contribution in [3.63, 3.8) is 0 Å². The number of nitrogens with one attached hydrogen (secondary N) is 2. The number of hydrogen-bond acceptors (Lipinski definition) is 4. The number of aromatic nitrogens is 2. The minimum Gasteiger partial charge on any atom is -0.492 e.